The molecule has 0 bridgehead atoms. The summed E-state index contributed by atoms with van der Waals surface area (Å²) < 4.78 is 0. The van der Waals surface area contributed by atoms with E-state index in [2.05, 4.69) is 25.1 Å². The maximum Gasteiger partial charge on any atom is 0.0902 e. The monoisotopic (exact) mass is 218 g/mol. The number of benzene rings is 1. The number of hydrogen-bond donors (Lipinski definition) is 1. The molecule has 0 heterocycles. The van der Waals surface area contributed by atoms with E-state index in [0.717, 1.165) is 25.7 Å². The zero-order chi connectivity index (χ0) is 11.4. The normalized spacial score (nSPS) is 23.4. The molecule has 1 aliphatic rings. The highest BCUT2D eigenvalue weighted by Gasteiger charge is 2.35. The molecule has 1 unspecified atom stereocenters. The number of unbranched alkanes of at least 4 members (excludes halogenated alkanes) is 3. The Hall–Kier alpha value is -0.820. The third-order valence-corrected chi connectivity index (χ3v) is 3.77. The molecule has 0 spiro atoms. The molecule has 0 saturated carbocycles. The number of fused-ring (bicyclic) bond motifs is 1. The molecule has 2 rings (SSSR count). The van der Waals surface area contributed by atoms with Crippen LogP contribution in [-0.2, 0) is 12.0 Å². The summed E-state index contributed by atoms with van der Waals surface area (Å²) >= 11 is 0. The van der Waals surface area contributed by atoms with Gasteiger partial charge in [-0.15, -0.1) is 0 Å². The molecule has 0 aromatic heterocycles. The summed E-state index contributed by atoms with van der Waals surface area (Å²) in [5, 5.41) is 10.6. The van der Waals surface area contributed by atoms with Crippen molar-refractivity contribution >= 4 is 0 Å². The summed E-state index contributed by atoms with van der Waals surface area (Å²) in [4.78, 5) is 0. The van der Waals surface area contributed by atoms with Crippen molar-refractivity contribution < 1.29 is 5.11 Å². The fourth-order valence-corrected chi connectivity index (χ4v) is 2.77. The minimum atomic E-state index is -0.523. The molecule has 16 heavy (non-hydrogen) atoms. The average Bonchev–Trinajstić information content (AvgIpc) is 2.64. The summed E-state index contributed by atoms with van der Waals surface area (Å²) in [6.07, 6.45) is 7.84. The van der Waals surface area contributed by atoms with Gasteiger partial charge >= 0.3 is 0 Å². The van der Waals surface area contributed by atoms with Crippen LogP contribution in [0.3, 0.4) is 0 Å². The molecule has 1 N–H and O–H groups in total. The van der Waals surface area contributed by atoms with Crippen molar-refractivity contribution in [3.63, 3.8) is 0 Å². The molecule has 0 fully saturated rings. The van der Waals surface area contributed by atoms with Gasteiger partial charge in [-0.3, -0.25) is 0 Å². The van der Waals surface area contributed by atoms with Gasteiger partial charge in [-0.25, -0.2) is 0 Å². The molecule has 1 aromatic carbocycles. The first-order chi connectivity index (χ1) is 7.76. The lowest BCUT2D eigenvalue weighted by Gasteiger charge is -2.24. The van der Waals surface area contributed by atoms with Gasteiger partial charge in [0.2, 0.25) is 0 Å². The van der Waals surface area contributed by atoms with Gasteiger partial charge in [0.25, 0.3) is 0 Å². The van der Waals surface area contributed by atoms with Crippen molar-refractivity contribution in [2.45, 2.75) is 57.5 Å². The Balaban J connectivity index is 1.99. The lowest BCUT2D eigenvalue weighted by atomic mass is 9.90. The zero-order valence-electron chi connectivity index (χ0n) is 10.2. The summed E-state index contributed by atoms with van der Waals surface area (Å²) in [6, 6.07) is 8.37. The second-order valence-electron chi connectivity index (χ2n) is 5.00. The highest BCUT2D eigenvalue weighted by atomic mass is 16.3. The molecular formula is C15H22O. The third-order valence-electron chi connectivity index (χ3n) is 3.77. The van der Waals surface area contributed by atoms with E-state index in [0.29, 0.717) is 0 Å². The Morgan fingerprint density at radius 3 is 2.81 bits per heavy atom. The average molecular weight is 218 g/mol. The van der Waals surface area contributed by atoms with Gasteiger partial charge in [-0.2, -0.15) is 0 Å². The Kier molecular flexibility index (Phi) is 3.65. The van der Waals surface area contributed by atoms with E-state index in [1.54, 1.807) is 0 Å². The summed E-state index contributed by atoms with van der Waals surface area (Å²) in [5.41, 5.74) is 2.01. The van der Waals surface area contributed by atoms with Gasteiger partial charge in [0, 0.05) is 0 Å². The lowest BCUT2D eigenvalue weighted by molar-refractivity contribution is 0.0268. The molecule has 1 nitrogen and oxygen atoms in total. The van der Waals surface area contributed by atoms with Crippen LogP contribution in [0.1, 0.15) is 56.6 Å². The highest BCUT2D eigenvalue weighted by Crippen LogP contribution is 2.40. The maximum absolute atomic E-state index is 10.6. The third kappa shape index (κ3) is 2.30. The van der Waals surface area contributed by atoms with Crippen molar-refractivity contribution in [1.29, 1.82) is 0 Å². The van der Waals surface area contributed by atoms with Crippen molar-refractivity contribution in [2.75, 3.05) is 0 Å². The van der Waals surface area contributed by atoms with Crippen LogP contribution < -0.4 is 0 Å². The van der Waals surface area contributed by atoms with Crippen LogP contribution in [0.2, 0.25) is 0 Å². The first-order valence-corrected chi connectivity index (χ1v) is 6.57. The van der Waals surface area contributed by atoms with E-state index < -0.39 is 5.60 Å². The topological polar surface area (TPSA) is 20.2 Å². The Labute approximate surface area is 98.5 Å². The van der Waals surface area contributed by atoms with Crippen molar-refractivity contribution in [2.24, 2.45) is 0 Å². The molecule has 1 aliphatic carbocycles. The summed E-state index contributed by atoms with van der Waals surface area (Å²) in [5.74, 6) is 0. The van der Waals surface area contributed by atoms with E-state index >= 15 is 0 Å². The first kappa shape index (κ1) is 11.7. The molecule has 1 aromatic rings. The SMILES string of the molecule is CCCCCCC1(O)CCc2ccccc21. The number of hydrogen-bond acceptors (Lipinski definition) is 1. The summed E-state index contributed by atoms with van der Waals surface area (Å²) in [6.45, 7) is 2.22. The zero-order valence-corrected chi connectivity index (χ0v) is 10.2. The molecule has 0 radical (unpaired) electrons. The predicted molar refractivity (Wildman–Crippen MR) is 67.4 cm³/mol. The predicted octanol–water partition coefficient (Wildman–Crippen LogP) is 3.79. The van der Waals surface area contributed by atoms with E-state index in [-0.39, 0.29) is 0 Å². The molecule has 0 saturated heterocycles. The van der Waals surface area contributed by atoms with Crippen LogP contribution in [0.15, 0.2) is 24.3 Å². The van der Waals surface area contributed by atoms with E-state index in [9.17, 15) is 5.11 Å². The Morgan fingerprint density at radius 2 is 2.00 bits per heavy atom. The second kappa shape index (κ2) is 5.01. The van der Waals surface area contributed by atoms with Gasteiger partial charge in [-0.1, -0.05) is 56.9 Å². The molecule has 0 aliphatic heterocycles. The van der Waals surface area contributed by atoms with Crippen molar-refractivity contribution in [3.05, 3.63) is 35.4 Å². The Morgan fingerprint density at radius 1 is 1.19 bits per heavy atom. The van der Waals surface area contributed by atoms with Gasteiger partial charge in [0.1, 0.15) is 0 Å². The fourth-order valence-electron chi connectivity index (χ4n) is 2.77. The van der Waals surface area contributed by atoms with Gasteiger partial charge < -0.3 is 5.11 Å². The minimum absolute atomic E-state index is 0.523. The van der Waals surface area contributed by atoms with Crippen molar-refractivity contribution in [1.82, 2.24) is 0 Å². The molecular weight excluding hydrogens is 196 g/mol. The van der Waals surface area contributed by atoms with Gasteiger partial charge in [0.05, 0.1) is 5.60 Å². The first-order valence-electron chi connectivity index (χ1n) is 6.57. The van der Waals surface area contributed by atoms with Gasteiger partial charge in [0.15, 0.2) is 0 Å². The van der Waals surface area contributed by atoms with E-state index in [1.165, 1.54) is 30.4 Å². The molecule has 1 atom stereocenters. The second-order valence-corrected chi connectivity index (χ2v) is 5.00. The summed E-state index contributed by atoms with van der Waals surface area (Å²) in [7, 11) is 0. The number of aryl methyl sites for hydroxylation is 1. The quantitative estimate of drug-likeness (QED) is 0.745. The van der Waals surface area contributed by atoms with Crippen LogP contribution >= 0.6 is 0 Å². The largest absolute Gasteiger partial charge is 0.385 e. The Bertz CT molecular complexity index is 345. The number of rotatable bonds is 5. The molecule has 1 heteroatoms. The maximum atomic E-state index is 10.6. The van der Waals surface area contributed by atoms with Crippen LogP contribution in [0.25, 0.3) is 0 Å². The van der Waals surface area contributed by atoms with Crippen molar-refractivity contribution in [3.8, 4) is 0 Å². The molecule has 88 valence electrons. The van der Waals surface area contributed by atoms with Gasteiger partial charge in [-0.05, 0) is 30.4 Å². The lowest BCUT2D eigenvalue weighted by Crippen LogP contribution is -2.21. The van der Waals surface area contributed by atoms with E-state index in [1.807, 2.05) is 6.07 Å². The van der Waals surface area contributed by atoms with Crippen LogP contribution in [0.5, 0.6) is 0 Å². The fraction of sp³-hybridized carbons (Fsp3) is 0.600. The van der Waals surface area contributed by atoms with Crippen LogP contribution in [-0.4, -0.2) is 5.11 Å². The number of aliphatic hydroxyl groups is 1. The van der Waals surface area contributed by atoms with Crippen LogP contribution in [0.4, 0.5) is 0 Å². The smallest absolute Gasteiger partial charge is 0.0902 e. The van der Waals surface area contributed by atoms with E-state index in [4.69, 9.17) is 0 Å². The minimum Gasteiger partial charge on any atom is -0.385 e. The standard InChI is InChI=1S/C15H22O/c1-2-3-4-7-11-15(16)12-10-13-8-5-6-9-14(13)15/h5-6,8-9,16H,2-4,7,10-12H2,1H3. The van der Waals surface area contributed by atoms with Crippen LogP contribution in [0, 0.1) is 0 Å². The highest BCUT2D eigenvalue weighted by molar-refractivity contribution is 5.36. The molecule has 0 amide bonds.